The van der Waals surface area contributed by atoms with Crippen LogP contribution < -0.4 is 4.80 Å². The lowest BCUT2D eigenvalue weighted by Crippen LogP contribution is -2.22. The maximum Gasteiger partial charge on any atom is 0.325 e. The Morgan fingerprint density at radius 1 is 1.32 bits per heavy atom. The first-order chi connectivity index (χ1) is 11.8. The number of ether oxygens (including phenoxy) is 1. The highest BCUT2D eigenvalue weighted by molar-refractivity contribution is 7.92. The second kappa shape index (κ2) is 6.74. The minimum absolute atomic E-state index is 0.0990. The minimum atomic E-state index is -3.82. The van der Waals surface area contributed by atoms with Crippen molar-refractivity contribution in [1.29, 1.82) is 0 Å². The molecule has 6 nitrogen and oxygen atoms in total. The quantitative estimate of drug-likeness (QED) is 0.636. The lowest BCUT2D eigenvalue weighted by atomic mass is 10.1. The zero-order valence-electron chi connectivity index (χ0n) is 13.8. The normalized spacial score (nSPS) is 12.7. The van der Waals surface area contributed by atoms with E-state index in [-0.39, 0.29) is 15.6 Å². The van der Waals surface area contributed by atoms with Crippen molar-refractivity contribution in [2.45, 2.75) is 24.6 Å². The SMILES string of the molecule is COC(=O)Cn1c(=NS(=O)(=O)c2cccs2)sc2c(C)cc(C)cc21. The largest absolute Gasteiger partial charge is 0.468 e. The molecule has 0 amide bonds. The summed E-state index contributed by atoms with van der Waals surface area (Å²) >= 11 is 2.36. The van der Waals surface area contributed by atoms with Crippen molar-refractivity contribution >= 4 is 48.9 Å². The average Bonchev–Trinajstić information content (AvgIpc) is 3.18. The van der Waals surface area contributed by atoms with Gasteiger partial charge in [0.15, 0.2) is 0 Å². The van der Waals surface area contributed by atoms with Crippen molar-refractivity contribution in [3.8, 4) is 0 Å². The molecule has 9 heteroatoms. The molecule has 1 aromatic carbocycles. The number of benzene rings is 1. The van der Waals surface area contributed by atoms with E-state index in [9.17, 15) is 13.2 Å². The number of hydrogen-bond donors (Lipinski definition) is 0. The summed E-state index contributed by atoms with van der Waals surface area (Å²) in [5.74, 6) is -0.464. The number of nitrogens with zero attached hydrogens (tertiary/aromatic N) is 2. The van der Waals surface area contributed by atoms with Gasteiger partial charge in [-0.15, -0.1) is 15.7 Å². The third-order valence-corrected chi connectivity index (χ3v) is 7.56. The Hall–Kier alpha value is -1.97. The number of methoxy groups -OCH3 is 1. The van der Waals surface area contributed by atoms with Crippen molar-refractivity contribution in [2.75, 3.05) is 7.11 Å². The summed E-state index contributed by atoms with van der Waals surface area (Å²) in [6.07, 6.45) is 0. The molecule has 3 aromatic rings. The molecular weight excluding hydrogens is 380 g/mol. The molecule has 2 aromatic heterocycles. The van der Waals surface area contributed by atoms with Gasteiger partial charge in [0, 0.05) is 0 Å². The molecule has 2 heterocycles. The number of fused-ring (bicyclic) bond motifs is 1. The fraction of sp³-hybridized carbons (Fsp3) is 0.250. The van der Waals surface area contributed by atoms with Crippen LogP contribution in [0.15, 0.2) is 38.3 Å². The number of carbonyl (C=O) groups is 1. The molecule has 0 aliphatic rings. The van der Waals surface area contributed by atoms with Crippen molar-refractivity contribution in [3.05, 3.63) is 45.6 Å². The van der Waals surface area contributed by atoms with Crippen LogP contribution >= 0.6 is 22.7 Å². The number of rotatable bonds is 4. The van der Waals surface area contributed by atoms with Crippen LogP contribution in [-0.4, -0.2) is 26.1 Å². The Bertz CT molecular complexity index is 1110. The number of thiophene rings is 1. The first-order valence-electron chi connectivity index (χ1n) is 7.34. The molecule has 3 rings (SSSR count). The van der Waals surface area contributed by atoms with Crippen LogP contribution in [0.1, 0.15) is 11.1 Å². The van der Waals surface area contributed by atoms with Gasteiger partial charge >= 0.3 is 5.97 Å². The van der Waals surface area contributed by atoms with Crippen LogP contribution in [0.2, 0.25) is 0 Å². The van der Waals surface area contributed by atoms with E-state index in [0.29, 0.717) is 0 Å². The molecule has 0 spiro atoms. The van der Waals surface area contributed by atoms with Gasteiger partial charge in [-0.05, 0) is 42.5 Å². The van der Waals surface area contributed by atoms with Gasteiger partial charge in [0.05, 0.1) is 17.3 Å². The fourth-order valence-electron chi connectivity index (χ4n) is 2.49. The van der Waals surface area contributed by atoms with Gasteiger partial charge in [-0.25, -0.2) is 0 Å². The monoisotopic (exact) mass is 396 g/mol. The van der Waals surface area contributed by atoms with Gasteiger partial charge in [0.25, 0.3) is 10.0 Å². The van der Waals surface area contributed by atoms with E-state index in [4.69, 9.17) is 4.74 Å². The van der Waals surface area contributed by atoms with Crippen LogP contribution in [0.4, 0.5) is 0 Å². The van der Waals surface area contributed by atoms with E-state index >= 15 is 0 Å². The molecule has 0 unspecified atom stereocenters. The van der Waals surface area contributed by atoms with Crippen LogP contribution in [0, 0.1) is 13.8 Å². The summed E-state index contributed by atoms with van der Waals surface area (Å²) in [5.41, 5.74) is 2.80. The lowest BCUT2D eigenvalue weighted by molar-refractivity contribution is -0.141. The Balaban J connectivity index is 2.30. The highest BCUT2D eigenvalue weighted by atomic mass is 32.2. The Labute approximate surface area is 153 Å². The molecule has 0 atom stereocenters. The Kier molecular flexibility index (Phi) is 4.81. The van der Waals surface area contributed by atoms with Crippen molar-refractivity contribution in [2.24, 2.45) is 4.40 Å². The minimum Gasteiger partial charge on any atom is -0.468 e. The molecule has 0 radical (unpaired) electrons. The van der Waals surface area contributed by atoms with Gasteiger partial charge in [-0.3, -0.25) is 4.79 Å². The highest BCUT2D eigenvalue weighted by Crippen LogP contribution is 2.24. The Morgan fingerprint density at radius 3 is 2.72 bits per heavy atom. The number of carbonyl (C=O) groups excluding carboxylic acids is 1. The third-order valence-electron chi connectivity index (χ3n) is 3.58. The number of aryl methyl sites for hydroxylation is 2. The molecule has 0 aliphatic heterocycles. The van der Waals surface area contributed by atoms with Gasteiger partial charge in [0.1, 0.15) is 10.8 Å². The van der Waals surface area contributed by atoms with Crippen LogP contribution in [0.3, 0.4) is 0 Å². The number of sulfonamides is 1. The molecular formula is C16H16N2O4S3. The van der Waals surface area contributed by atoms with Gasteiger partial charge in [-0.1, -0.05) is 23.5 Å². The maximum atomic E-state index is 12.5. The maximum absolute atomic E-state index is 12.5. The van der Waals surface area contributed by atoms with Crippen LogP contribution in [0.5, 0.6) is 0 Å². The van der Waals surface area contributed by atoms with Crippen LogP contribution in [-0.2, 0) is 26.1 Å². The summed E-state index contributed by atoms with van der Waals surface area (Å²) in [6.45, 7) is 3.80. The standard InChI is InChI=1S/C16H16N2O4S3/c1-10-7-11(2)15-12(8-10)18(9-13(19)22-3)16(24-15)17-25(20,21)14-5-4-6-23-14/h4-8H,9H2,1-3H3. The van der Waals surface area contributed by atoms with E-state index in [2.05, 4.69) is 4.40 Å². The fourth-order valence-corrected chi connectivity index (χ4v) is 5.74. The number of aromatic nitrogens is 1. The zero-order chi connectivity index (χ0) is 18.2. The summed E-state index contributed by atoms with van der Waals surface area (Å²) < 4.78 is 36.4. The summed E-state index contributed by atoms with van der Waals surface area (Å²) in [4.78, 5) is 12.1. The average molecular weight is 397 g/mol. The predicted molar refractivity (Wildman–Crippen MR) is 98.4 cm³/mol. The lowest BCUT2D eigenvalue weighted by Gasteiger charge is -2.05. The summed E-state index contributed by atoms with van der Waals surface area (Å²) in [7, 11) is -2.53. The molecule has 0 saturated carbocycles. The van der Waals surface area contributed by atoms with Gasteiger partial charge in [-0.2, -0.15) is 8.42 Å². The second-order valence-electron chi connectivity index (χ2n) is 5.48. The molecule has 0 fully saturated rings. The van der Waals surface area contributed by atoms with Gasteiger partial charge < -0.3 is 9.30 Å². The van der Waals surface area contributed by atoms with E-state index in [1.807, 2.05) is 26.0 Å². The molecule has 0 saturated heterocycles. The van der Waals surface area contributed by atoms with E-state index in [0.717, 1.165) is 32.7 Å². The van der Waals surface area contributed by atoms with Crippen molar-refractivity contribution in [3.63, 3.8) is 0 Å². The smallest absolute Gasteiger partial charge is 0.325 e. The number of hydrogen-bond acceptors (Lipinski definition) is 6. The first kappa shape index (κ1) is 17.8. The van der Waals surface area contributed by atoms with Gasteiger partial charge in [0.2, 0.25) is 4.80 Å². The van der Waals surface area contributed by atoms with E-state index < -0.39 is 16.0 Å². The number of esters is 1. The summed E-state index contributed by atoms with van der Waals surface area (Å²) in [5, 5.41) is 1.68. The third kappa shape index (κ3) is 3.53. The molecule has 0 bridgehead atoms. The molecule has 132 valence electrons. The Morgan fingerprint density at radius 2 is 2.08 bits per heavy atom. The first-order valence-corrected chi connectivity index (χ1v) is 10.5. The van der Waals surface area contributed by atoms with E-state index in [1.54, 1.807) is 16.0 Å². The van der Waals surface area contributed by atoms with E-state index in [1.165, 1.54) is 24.5 Å². The van der Waals surface area contributed by atoms with Crippen molar-refractivity contribution < 1.29 is 17.9 Å². The zero-order valence-corrected chi connectivity index (χ0v) is 16.3. The topological polar surface area (TPSA) is 77.7 Å². The second-order valence-corrected chi connectivity index (χ2v) is 9.23. The number of thiazole rings is 1. The predicted octanol–water partition coefficient (Wildman–Crippen LogP) is 2.84. The molecule has 0 N–H and O–H groups in total. The highest BCUT2D eigenvalue weighted by Gasteiger charge is 2.18. The summed E-state index contributed by atoms with van der Waals surface area (Å²) in [6, 6.07) is 7.10. The van der Waals surface area contributed by atoms with Crippen molar-refractivity contribution in [1.82, 2.24) is 4.57 Å². The van der Waals surface area contributed by atoms with Crippen LogP contribution in [0.25, 0.3) is 10.2 Å². The molecule has 0 aliphatic carbocycles. The molecule has 25 heavy (non-hydrogen) atoms.